The zero-order valence-electron chi connectivity index (χ0n) is 15.3. The smallest absolute Gasteiger partial charge is 0.303 e. The van der Waals surface area contributed by atoms with Crippen LogP contribution in [0.1, 0.15) is 47.6 Å². The summed E-state index contributed by atoms with van der Waals surface area (Å²) in [6.45, 7) is 4.09. The normalized spacial score (nSPS) is 16.3. The molecule has 2 aromatic carbocycles. The average molecular weight is 429 g/mol. The molecule has 6 heteroatoms. The van der Waals surface area contributed by atoms with E-state index < -0.39 is 5.97 Å². The van der Waals surface area contributed by atoms with Gasteiger partial charge in [-0.05, 0) is 48.2 Å². The lowest BCUT2D eigenvalue weighted by Gasteiger charge is -2.22. The highest BCUT2D eigenvalue weighted by Gasteiger charge is 2.33. The maximum atomic E-state index is 12.7. The van der Waals surface area contributed by atoms with E-state index in [0.717, 1.165) is 26.9 Å². The molecule has 1 atom stereocenters. The van der Waals surface area contributed by atoms with Crippen molar-refractivity contribution in [3.8, 4) is 0 Å². The van der Waals surface area contributed by atoms with Gasteiger partial charge in [0.25, 0.3) is 0 Å². The van der Waals surface area contributed by atoms with Gasteiger partial charge in [-0.25, -0.2) is 5.01 Å². The molecule has 0 saturated heterocycles. The van der Waals surface area contributed by atoms with Crippen LogP contribution in [0.15, 0.2) is 52.0 Å². The molecule has 1 amide bonds. The average Bonchev–Trinajstić information content (AvgIpc) is 3.08. The number of benzene rings is 2. The summed E-state index contributed by atoms with van der Waals surface area (Å²) >= 11 is 3.43. The molecule has 1 unspecified atom stereocenters. The van der Waals surface area contributed by atoms with Gasteiger partial charge in [0.1, 0.15) is 0 Å². The van der Waals surface area contributed by atoms with Crippen LogP contribution in [0.4, 0.5) is 0 Å². The minimum absolute atomic E-state index is 0.0617. The van der Waals surface area contributed by atoms with E-state index in [1.54, 1.807) is 0 Å². The van der Waals surface area contributed by atoms with Gasteiger partial charge in [-0.2, -0.15) is 5.10 Å². The molecule has 1 heterocycles. The fourth-order valence-corrected chi connectivity index (χ4v) is 3.38. The Labute approximate surface area is 166 Å². The molecule has 0 saturated carbocycles. The van der Waals surface area contributed by atoms with Crippen LogP contribution in [-0.4, -0.2) is 27.7 Å². The summed E-state index contributed by atoms with van der Waals surface area (Å²) in [5.74, 6) is -1.25. The Kier molecular flexibility index (Phi) is 5.75. The predicted octanol–water partition coefficient (Wildman–Crippen LogP) is 4.61. The van der Waals surface area contributed by atoms with E-state index in [1.807, 2.05) is 50.2 Å². The number of hydrogen-bond donors (Lipinski definition) is 1. The number of amides is 1. The van der Waals surface area contributed by atoms with Gasteiger partial charge in [0.05, 0.1) is 18.2 Å². The molecule has 3 rings (SSSR count). The van der Waals surface area contributed by atoms with Crippen molar-refractivity contribution in [1.82, 2.24) is 5.01 Å². The van der Waals surface area contributed by atoms with E-state index in [4.69, 9.17) is 5.11 Å². The first-order valence-electron chi connectivity index (χ1n) is 8.79. The molecule has 5 nitrogen and oxygen atoms in total. The van der Waals surface area contributed by atoms with Gasteiger partial charge < -0.3 is 5.11 Å². The van der Waals surface area contributed by atoms with Crippen LogP contribution in [0.5, 0.6) is 0 Å². The molecule has 0 aromatic heterocycles. The second-order valence-corrected chi connectivity index (χ2v) is 7.66. The Morgan fingerprint density at radius 1 is 1.11 bits per heavy atom. The van der Waals surface area contributed by atoms with Crippen molar-refractivity contribution in [2.24, 2.45) is 5.10 Å². The Morgan fingerprint density at radius 2 is 1.81 bits per heavy atom. The molecule has 1 aliphatic heterocycles. The lowest BCUT2D eigenvalue weighted by Crippen LogP contribution is -2.27. The first-order valence-corrected chi connectivity index (χ1v) is 9.59. The van der Waals surface area contributed by atoms with Gasteiger partial charge in [0.15, 0.2) is 0 Å². The zero-order chi connectivity index (χ0) is 19.6. The first-order chi connectivity index (χ1) is 12.8. The molecule has 140 valence electrons. The number of rotatable bonds is 5. The molecule has 1 N–H and O–H groups in total. The minimum atomic E-state index is -0.984. The van der Waals surface area contributed by atoms with Gasteiger partial charge in [-0.3, -0.25) is 9.59 Å². The number of hydrazone groups is 1. The summed E-state index contributed by atoms with van der Waals surface area (Å²) in [6, 6.07) is 13.7. The van der Waals surface area contributed by atoms with Gasteiger partial charge in [-0.1, -0.05) is 46.3 Å². The monoisotopic (exact) mass is 428 g/mol. The fraction of sp³-hybridized carbons (Fsp3) is 0.286. The lowest BCUT2D eigenvalue weighted by molar-refractivity contribution is -0.141. The van der Waals surface area contributed by atoms with Crippen LogP contribution in [0.25, 0.3) is 0 Å². The minimum Gasteiger partial charge on any atom is -0.481 e. The van der Waals surface area contributed by atoms with Crippen molar-refractivity contribution in [3.05, 3.63) is 69.2 Å². The number of carbonyl (C=O) groups is 2. The quantitative estimate of drug-likeness (QED) is 0.755. The second kappa shape index (κ2) is 8.05. The third-order valence-electron chi connectivity index (χ3n) is 4.81. The Bertz CT molecular complexity index is 906. The summed E-state index contributed by atoms with van der Waals surface area (Å²) in [5.41, 5.74) is 5.14. The highest BCUT2D eigenvalue weighted by atomic mass is 79.9. The van der Waals surface area contributed by atoms with E-state index in [-0.39, 0.29) is 24.8 Å². The van der Waals surface area contributed by atoms with Crippen molar-refractivity contribution in [2.75, 3.05) is 0 Å². The third kappa shape index (κ3) is 4.45. The lowest BCUT2D eigenvalue weighted by atomic mass is 9.95. The van der Waals surface area contributed by atoms with Crippen LogP contribution in [0.2, 0.25) is 0 Å². The Balaban J connectivity index is 1.93. The molecule has 0 bridgehead atoms. The largest absolute Gasteiger partial charge is 0.481 e. The molecule has 0 aliphatic carbocycles. The SMILES string of the molecule is Cc1ccc(C2CC(c3ccc(Br)cc3)=NN2C(=O)CCC(=O)O)cc1C. The molecule has 0 fully saturated rings. The fourth-order valence-electron chi connectivity index (χ4n) is 3.12. The molecule has 2 aromatic rings. The molecule has 1 aliphatic rings. The van der Waals surface area contributed by atoms with E-state index in [0.29, 0.717) is 6.42 Å². The number of halogens is 1. The Hall–Kier alpha value is -2.47. The summed E-state index contributed by atoms with van der Waals surface area (Å²) < 4.78 is 0.977. The van der Waals surface area contributed by atoms with Crippen LogP contribution >= 0.6 is 15.9 Å². The number of carboxylic acids is 1. The first kappa shape index (κ1) is 19.3. The second-order valence-electron chi connectivity index (χ2n) is 6.75. The van der Waals surface area contributed by atoms with Crippen LogP contribution < -0.4 is 0 Å². The molecular formula is C21H21BrN2O3. The summed E-state index contributed by atoms with van der Waals surface area (Å²) in [4.78, 5) is 23.5. The van der Waals surface area contributed by atoms with E-state index in [1.165, 1.54) is 10.6 Å². The summed E-state index contributed by atoms with van der Waals surface area (Å²) in [6.07, 6.45) is 0.342. The van der Waals surface area contributed by atoms with E-state index >= 15 is 0 Å². The van der Waals surface area contributed by atoms with Crippen LogP contribution in [0, 0.1) is 13.8 Å². The van der Waals surface area contributed by atoms with Crippen molar-refractivity contribution in [3.63, 3.8) is 0 Å². The summed E-state index contributed by atoms with van der Waals surface area (Å²) in [7, 11) is 0. The number of nitrogens with zero attached hydrogens (tertiary/aromatic N) is 2. The molecule has 0 radical (unpaired) electrons. The van der Waals surface area contributed by atoms with E-state index in [9.17, 15) is 9.59 Å². The van der Waals surface area contributed by atoms with Crippen molar-refractivity contribution < 1.29 is 14.7 Å². The number of carbonyl (C=O) groups excluding carboxylic acids is 1. The molecule has 0 spiro atoms. The topological polar surface area (TPSA) is 70.0 Å². The molecule has 27 heavy (non-hydrogen) atoms. The van der Waals surface area contributed by atoms with Crippen molar-refractivity contribution >= 4 is 33.5 Å². The maximum absolute atomic E-state index is 12.7. The number of hydrogen-bond acceptors (Lipinski definition) is 3. The van der Waals surface area contributed by atoms with Gasteiger partial charge in [-0.15, -0.1) is 0 Å². The van der Waals surface area contributed by atoms with Gasteiger partial charge in [0, 0.05) is 17.3 Å². The Morgan fingerprint density at radius 3 is 2.44 bits per heavy atom. The number of aliphatic carboxylic acids is 1. The van der Waals surface area contributed by atoms with Gasteiger partial charge in [0.2, 0.25) is 5.91 Å². The summed E-state index contributed by atoms with van der Waals surface area (Å²) in [5, 5.41) is 14.9. The van der Waals surface area contributed by atoms with Crippen LogP contribution in [0.3, 0.4) is 0 Å². The van der Waals surface area contributed by atoms with Crippen LogP contribution in [-0.2, 0) is 9.59 Å². The van der Waals surface area contributed by atoms with Crippen molar-refractivity contribution in [1.29, 1.82) is 0 Å². The van der Waals surface area contributed by atoms with Gasteiger partial charge >= 0.3 is 5.97 Å². The predicted molar refractivity (Wildman–Crippen MR) is 108 cm³/mol. The highest BCUT2D eigenvalue weighted by molar-refractivity contribution is 9.10. The maximum Gasteiger partial charge on any atom is 0.303 e. The standard InChI is InChI=1S/C21H21BrN2O3/c1-13-3-4-16(11-14(13)2)19-12-18(15-5-7-17(22)8-6-15)23-24(19)20(25)9-10-21(26)27/h3-8,11,19H,9-10,12H2,1-2H3,(H,26,27). The van der Waals surface area contributed by atoms with E-state index in [2.05, 4.69) is 27.1 Å². The third-order valence-corrected chi connectivity index (χ3v) is 5.34. The van der Waals surface area contributed by atoms with Crippen molar-refractivity contribution in [2.45, 2.75) is 39.2 Å². The number of aryl methyl sites for hydroxylation is 2. The number of carboxylic acid groups (broad SMARTS) is 1. The zero-order valence-corrected chi connectivity index (χ0v) is 16.9. The highest BCUT2D eigenvalue weighted by Crippen LogP contribution is 2.34. The molecular weight excluding hydrogens is 408 g/mol.